The van der Waals surface area contributed by atoms with E-state index in [0.29, 0.717) is 19.0 Å². The Bertz CT molecular complexity index is 364. The number of nitrogens with one attached hydrogen (secondary N) is 3. The summed E-state index contributed by atoms with van der Waals surface area (Å²) >= 11 is 0. The lowest BCUT2D eigenvalue weighted by Gasteiger charge is -2.04. The van der Waals surface area contributed by atoms with Crippen LogP contribution in [0.15, 0.2) is 30.1 Å². The molecule has 1 aromatic rings. The molecular weight excluding hydrogens is 194 g/mol. The number of aromatic amines is 1. The Kier molecular flexibility index (Phi) is 4.08. The summed E-state index contributed by atoms with van der Waals surface area (Å²) < 4.78 is 0. The standard InChI is InChI=1S/C9H13N5O/c1-3-5-10-7-12-8(11-6-4-2)14-9(15)13-7/h3-4H,1-2,5-6H2,(H3,10,11,12,13,14,15). The number of hydrogen-bond donors (Lipinski definition) is 3. The number of nitrogens with zero attached hydrogens (tertiary/aromatic N) is 2. The molecule has 15 heavy (non-hydrogen) atoms. The normalized spacial score (nSPS) is 9.33. The summed E-state index contributed by atoms with van der Waals surface area (Å²) in [7, 11) is 0. The molecule has 1 aromatic heterocycles. The highest BCUT2D eigenvalue weighted by molar-refractivity contribution is 5.33. The van der Waals surface area contributed by atoms with Crippen molar-refractivity contribution in [1.29, 1.82) is 0 Å². The number of rotatable bonds is 6. The molecule has 0 aliphatic rings. The fourth-order valence-corrected chi connectivity index (χ4v) is 0.879. The number of H-pyrrole nitrogens is 1. The summed E-state index contributed by atoms with van der Waals surface area (Å²) in [5.74, 6) is 0.631. The van der Waals surface area contributed by atoms with Crippen molar-refractivity contribution >= 4 is 11.9 Å². The highest BCUT2D eigenvalue weighted by Crippen LogP contribution is 1.98. The maximum Gasteiger partial charge on any atom is 0.350 e. The van der Waals surface area contributed by atoms with Crippen LogP contribution < -0.4 is 16.3 Å². The average Bonchev–Trinajstić information content (AvgIpc) is 2.23. The van der Waals surface area contributed by atoms with E-state index in [4.69, 9.17) is 0 Å². The third-order valence-corrected chi connectivity index (χ3v) is 1.47. The Balaban J connectivity index is 2.79. The van der Waals surface area contributed by atoms with Crippen molar-refractivity contribution in [2.45, 2.75) is 0 Å². The minimum Gasteiger partial charge on any atom is -0.352 e. The highest BCUT2D eigenvalue weighted by Gasteiger charge is 1.99. The third kappa shape index (κ3) is 3.63. The van der Waals surface area contributed by atoms with Gasteiger partial charge in [-0.05, 0) is 0 Å². The predicted molar refractivity (Wildman–Crippen MR) is 60.0 cm³/mol. The summed E-state index contributed by atoms with van der Waals surface area (Å²) in [6, 6.07) is 0. The molecular formula is C9H13N5O. The molecule has 0 saturated heterocycles. The average molecular weight is 207 g/mol. The maximum atomic E-state index is 11.1. The van der Waals surface area contributed by atoms with Gasteiger partial charge in [-0.25, -0.2) is 4.79 Å². The van der Waals surface area contributed by atoms with Crippen LogP contribution >= 0.6 is 0 Å². The Labute approximate surface area is 87.2 Å². The Hall–Kier alpha value is -2.11. The second-order valence-electron chi connectivity index (χ2n) is 2.67. The molecule has 6 nitrogen and oxygen atoms in total. The molecule has 0 aromatic carbocycles. The van der Waals surface area contributed by atoms with Gasteiger partial charge in [0.05, 0.1) is 0 Å². The zero-order chi connectivity index (χ0) is 11.1. The van der Waals surface area contributed by atoms with Gasteiger partial charge >= 0.3 is 5.69 Å². The zero-order valence-corrected chi connectivity index (χ0v) is 8.29. The predicted octanol–water partition coefficient (Wildman–Crippen LogP) is 0.361. The molecule has 0 fully saturated rings. The van der Waals surface area contributed by atoms with Gasteiger partial charge in [-0.15, -0.1) is 13.2 Å². The number of anilines is 2. The van der Waals surface area contributed by atoms with Gasteiger partial charge in [0.2, 0.25) is 11.9 Å². The van der Waals surface area contributed by atoms with Crippen molar-refractivity contribution in [2.75, 3.05) is 23.7 Å². The Morgan fingerprint density at radius 1 is 1.20 bits per heavy atom. The van der Waals surface area contributed by atoms with Crippen LogP contribution in [0.1, 0.15) is 0 Å². The second kappa shape index (κ2) is 5.58. The Morgan fingerprint density at radius 2 is 1.87 bits per heavy atom. The first-order valence-electron chi connectivity index (χ1n) is 4.44. The molecule has 1 rings (SSSR count). The molecule has 6 heteroatoms. The minimum atomic E-state index is -0.455. The summed E-state index contributed by atoms with van der Waals surface area (Å²) in [6.07, 6.45) is 3.32. The summed E-state index contributed by atoms with van der Waals surface area (Å²) in [5, 5.41) is 5.69. The van der Waals surface area contributed by atoms with Gasteiger partial charge in [-0.1, -0.05) is 12.2 Å². The number of hydrogen-bond acceptors (Lipinski definition) is 5. The van der Waals surface area contributed by atoms with E-state index in [1.807, 2.05) is 0 Å². The first-order valence-corrected chi connectivity index (χ1v) is 4.44. The molecule has 1 heterocycles. The SMILES string of the molecule is C=CCNc1nc(NCC=C)[nH]c(=O)n1. The maximum absolute atomic E-state index is 11.1. The van der Waals surface area contributed by atoms with Crippen molar-refractivity contribution < 1.29 is 0 Å². The zero-order valence-electron chi connectivity index (χ0n) is 8.29. The fourth-order valence-electron chi connectivity index (χ4n) is 0.879. The van der Waals surface area contributed by atoms with E-state index >= 15 is 0 Å². The van der Waals surface area contributed by atoms with Crippen LogP contribution in [0.5, 0.6) is 0 Å². The molecule has 0 amide bonds. The van der Waals surface area contributed by atoms with Gasteiger partial charge in [0.25, 0.3) is 0 Å². The molecule has 0 bridgehead atoms. The molecule has 0 spiro atoms. The molecule has 0 saturated carbocycles. The van der Waals surface area contributed by atoms with Crippen LogP contribution in [0.4, 0.5) is 11.9 Å². The van der Waals surface area contributed by atoms with Crippen molar-refractivity contribution in [3.8, 4) is 0 Å². The second-order valence-corrected chi connectivity index (χ2v) is 2.67. The van der Waals surface area contributed by atoms with Gasteiger partial charge in [0.15, 0.2) is 0 Å². The fraction of sp³-hybridized carbons (Fsp3) is 0.222. The van der Waals surface area contributed by atoms with Crippen LogP contribution in [0, 0.1) is 0 Å². The van der Waals surface area contributed by atoms with Crippen molar-refractivity contribution in [1.82, 2.24) is 15.0 Å². The van der Waals surface area contributed by atoms with E-state index in [-0.39, 0.29) is 5.95 Å². The van der Waals surface area contributed by atoms with E-state index in [9.17, 15) is 4.79 Å². The van der Waals surface area contributed by atoms with E-state index in [1.54, 1.807) is 12.2 Å². The highest BCUT2D eigenvalue weighted by atomic mass is 16.1. The van der Waals surface area contributed by atoms with Gasteiger partial charge in [-0.3, -0.25) is 4.98 Å². The first-order chi connectivity index (χ1) is 7.26. The summed E-state index contributed by atoms with van der Waals surface area (Å²) in [6.45, 7) is 8.11. The first kappa shape index (κ1) is 11.0. The van der Waals surface area contributed by atoms with Crippen LogP contribution in [-0.2, 0) is 0 Å². The lowest BCUT2D eigenvalue weighted by molar-refractivity contribution is 0.974. The molecule has 0 aliphatic heterocycles. The lowest BCUT2D eigenvalue weighted by atomic mass is 10.6. The minimum absolute atomic E-state index is 0.269. The molecule has 3 N–H and O–H groups in total. The molecule has 80 valence electrons. The third-order valence-electron chi connectivity index (χ3n) is 1.47. The van der Waals surface area contributed by atoms with E-state index in [2.05, 4.69) is 38.7 Å². The van der Waals surface area contributed by atoms with E-state index in [1.165, 1.54) is 0 Å². The van der Waals surface area contributed by atoms with Gasteiger partial charge in [0.1, 0.15) is 0 Å². The quantitative estimate of drug-likeness (QED) is 0.587. The van der Waals surface area contributed by atoms with Crippen LogP contribution in [0.2, 0.25) is 0 Å². The smallest absolute Gasteiger partial charge is 0.350 e. The molecule has 0 atom stereocenters. The van der Waals surface area contributed by atoms with Gasteiger partial charge in [0, 0.05) is 13.1 Å². The van der Waals surface area contributed by atoms with Crippen LogP contribution in [-0.4, -0.2) is 28.0 Å². The monoisotopic (exact) mass is 207 g/mol. The summed E-state index contributed by atoms with van der Waals surface area (Å²) in [5.41, 5.74) is -0.455. The van der Waals surface area contributed by atoms with E-state index in [0.717, 1.165) is 0 Å². The molecule has 0 unspecified atom stereocenters. The van der Waals surface area contributed by atoms with Gasteiger partial charge < -0.3 is 10.6 Å². The summed E-state index contributed by atoms with van der Waals surface area (Å²) in [4.78, 5) is 21.2. The topological polar surface area (TPSA) is 82.7 Å². The van der Waals surface area contributed by atoms with Crippen LogP contribution in [0.25, 0.3) is 0 Å². The van der Waals surface area contributed by atoms with Crippen molar-refractivity contribution in [2.24, 2.45) is 0 Å². The van der Waals surface area contributed by atoms with E-state index < -0.39 is 5.69 Å². The van der Waals surface area contributed by atoms with Crippen molar-refractivity contribution in [3.63, 3.8) is 0 Å². The van der Waals surface area contributed by atoms with Gasteiger partial charge in [-0.2, -0.15) is 9.97 Å². The molecule has 0 aliphatic carbocycles. The van der Waals surface area contributed by atoms with Crippen LogP contribution in [0.3, 0.4) is 0 Å². The Morgan fingerprint density at radius 3 is 2.53 bits per heavy atom. The number of aromatic nitrogens is 3. The molecule has 0 radical (unpaired) electrons. The largest absolute Gasteiger partial charge is 0.352 e. The van der Waals surface area contributed by atoms with Crippen molar-refractivity contribution in [3.05, 3.63) is 35.8 Å². The lowest BCUT2D eigenvalue weighted by Crippen LogP contribution is -2.19.